The zero-order valence-electron chi connectivity index (χ0n) is 9.17. The van der Waals surface area contributed by atoms with Crippen molar-refractivity contribution in [2.45, 2.75) is 44.2 Å². The van der Waals surface area contributed by atoms with Crippen LogP contribution in [0.3, 0.4) is 0 Å². The molecule has 0 radical (unpaired) electrons. The van der Waals surface area contributed by atoms with E-state index in [2.05, 4.69) is 11.8 Å². The molecule has 2 N–H and O–H groups in total. The molecular formula is C11H22N2O. The van der Waals surface area contributed by atoms with Gasteiger partial charge in [-0.25, -0.2) is 0 Å². The molecule has 14 heavy (non-hydrogen) atoms. The molecule has 1 unspecified atom stereocenters. The van der Waals surface area contributed by atoms with Crippen LogP contribution in [0.1, 0.15) is 32.6 Å². The Morgan fingerprint density at radius 2 is 2.07 bits per heavy atom. The Morgan fingerprint density at radius 3 is 2.64 bits per heavy atom. The number of piperidine rings is 1. The lowest BCUT2D eigenvalue weighted by atomic mass is 9.90. The first kappa shape index (κ1) is 10.4. The van der Waals surface area contributed by atoms with Gasteiger partial charge in [-0.05, 0) is 32.6 Å². The highest BCUT2D eigenvalue weighted by molar-refractivity contribution is 4.91. The second-order valence-corrected chi connectivity index (χ2v) is 4.98. The van der Waals surface area contributed by atoms with Crippen molar-refractivity contribution < 1.29 is 4.74 Å². The maximum Gasteiger partial charge on any atom is 0.0647 e. The van der Waals surface area contributed by atoms with Crippen LogP contribution in [0.2, 0.25) is 0 Å². The van der Waals surface area contributed by atoms with E-state index < -0.39 is 0 Å². The number of ether oxygens (including phenoxy) is 1. The van der Waals surface area contributed by atoms with E-state index >= 15 is 0 Å². The Balaban J connectivity index is 1.92. The third-order valence-corrected chi connectivity index (χ3v) is 3.72. The molecule has 82 valence electrons. The fraction of sp³-hybridized carbons (Fsp3) is 1.00. The van der Waals surface area contributed by atoms with Crippen molar-refractivity contribution in [1.29, 1.82) is 0 Å². The molecule has 0 aromatic rings. The summed E-state index contributed by atoms with van der Waals surface area (Å²) in [6, 6.07) is 0.430. The lowest BCUT2D eigenvalue weighted by molar-refractivity contribution is -0.0480. The molecule has 2 saturated heterocycles. The Hall–Kier alpha value is -0.120. The van der Waals surface area contributed by atoms with Crippen molar-refractivity contribution in [3.8, 4) is 0 Å². The minimum Gasteiger partial charge on any atom is -0.380 e. The number of nitrogens with zero attached hydrogens (tertiary/aromatic N) is 1. The van der Waals surface area contributed by atoms with Crippen molar-refractivity contribution in [1.82, 2.24) is 4.90 Å². The van der Waals surface area contributed by atoms with Crippen LogP contribution in [0, 0.1) is 0 Å². The monoisotopic (exact) mass is 198 g/mol. The van der Waals surface area contributed by atoms with E-state index in [1.165, 1.54) is 12.8 Å². The van der Waals surface area contributed by atoms with Gasteiger partial charge < -0.3 is 10.5 Å². The van der Waals surface area contributed by atoms with Crippen molar-refractivity contribution >= 4 is 0 Å². The molecule has 1 atom stereocenters. The molecule has 0 saturated carbocycles. The molecule has 0 bridgehead atoms. The van der Waals surface area contributed by atoms with Crippen molar-refractivity contribution in [2.75, 3.05) is 26.3 Å². The first-order chi connectivity index (χ1) is 6.71. The average molecular weight is 198 g/mol. The summed E-state index contributed by atoms with van der Waals surface area (Å²) in [5, 5.41) is 0. The van der Waals surface area contributed by atoms with Gasteiger partial charge >= 0.3 is 0 Å². The van der Waals surface area contributed by atoms with Gasteiger partial charge in [0.05, 0.1) is 6.61 Å². The van der Waals surface area contributed by atoms with Crippen LogP contribution in [0.4, 0.5) is 0 Å². The van der Waals surface area contributed by atoms with Gasteiger partial charge in [0.25, 0.3) is 0 Å². The zero-order chi connectivity index (χ0) is 10.0. The third-order valence-electron chi connectivity index (χ3n) is 3.72. The summed E-state index contributed by atoms with van der Waals surface area (Å²) in [6.45, 7) is 6.50. The molecule has 3 nitrogen and oxygen atoms in total. The second kappa shape index (κ2) is 4.17. The molecule has 0 amide bonds. The molecule has 0 aliphatic carbocycles. The van der Waals surface area contributed by atoms with E-state index in [9.17, 15) is 0 Å². The lowest BCUT2D eigenvalue weighted by Gasteiger charge is -2.46. The maximum absolute atomic E-state index is 5.91. The average Bonchev–Trinajstić information content (AvgIpc) is 2.19. The summed E-state index contributed by atoms with van der Waals surface area (Å²) >= 11 is 0. The second-order valence-electron chi connectivity index (χ2n) is 4.98. The Labute approximate surface area is 86.6 Å². The molecule has 2 heterocycles. The molecule has 3 heteroatoms. The first-order valence-electron chi connectivity index (χ1n) is 5.79. The van der Waals surface area contributed by atoms with Crippen molar-refractivity contribution in [3.63, 3.8) is 0 Å². The number of likely N-dealkylation sites (tertiary alicyclic amines) is 1. The van der Waals surface area contributed by atoms with Gasteiger partial charge in [0.1, 0.15) is 0 Å². The molecule has 2 aliphatic heterocycles. The third kappa shape index (κ3) is 2.10. The Bertz CT molecular complexity index is 182. The minimum absolute atomic E-state index is 0.290. The molecule has 2 aliphatic rings. The highest BCUT2D eigenvalue weighted by Crippen LogP contribution is 2.28. The summed E-state index contributed by atoms with van der Waals surface area (Å²) in [5.74, 6) is 0. The number of hydrogen-bond donors (Lipinski definition) is 1. The molecule has 2 fully saturated rings. The molecule has 2 rings (SSSR count). The van der Waals surface area contributed by atoms with E-state index in [1.807, 2.05) is 0 Å². The van der Waals surface area contributed by atoms with E-state index in [0.717, 1.165) is 39.1 Å². The van der Waals surface area contributed by atoms with Gasteiger partial charge in [-0.15, -0.1) is 0 Å². The van der Waals surface area contributed by atoms with Crippen LogP contribution >= 0.6 is 0 Å². The van der Waals surface area contributed by atoms with E-state index in [0.29, 0.717) is 11.6 Å². The van der Waals surface area contributed by atoms with Crippen molar-refractivity contribution in [2.24, 2.45) is 5.73 Å². The summed E-state index contributed by atoms with van der Waals surface area (Å²) in [6.07, 6.45) is 4.78. The first-order valence-corrected chi connectivity index (χ1v) is 5.79. The van der Waals surface area contributed by atoms with Gasteiger partial charge in [-0.2, -0.15) is 0 Å². The lowest BCUT2D eigenvalue weighted by Crippen LogP contribution is -2.55. The largest absolute Gasteiger partial charge is 0.380 e. The van der Waals surface area contributed by atoms with Gasteiger partial charge in [-0.1, -0.05) is 0 Å². The fourth-order valence-electron chi connectivity index (χ4n) is 2.61. The topological polar surface area (TPSA) is 38.5 Å². The summed E-state index contributed by atoms with van der Waals surface area (Å²) in [7, 11) is 0. The highest BCUT2D eigenvalue weighted by atomic mass is 16.5. The van der Waals surface area contributed by atoms with E-state index in [4.69, 9.17) is 10.5 Å². The van der Waals surface area contributed by atoms with Gasteiger partial charge in [0, 0.05) is 31.3 Å². The van der Waals surface area contributed by atoms with Gasteiger partial charge in [0.15, 0.2) is 0 Å². The summed E-state index contributed by atoms with van der Waals surface area (Å²) in [5.41, 5.74) is 6.20. The predicted octanol–water partition coefficient (Wildman–Crippen LogP) is 0.979. The van der Waals surface area contributed by atoms with Crippen LogP contribution in [0.15, 0.2) is 0 Å². The van der Waals surface area contributed by atoms with Gasteiger partial charge in [0.2, 0.25) is 0 Å². The van der Waals surface area contributed by atoms with Crippen molar-refractivity contribution in [3.05, 3.63) is 0 Å². The summed E-state index contributed by atoms with van der Waals surface area (Å²) < 4.78 is 5.59. The standard InChI is InChI=1S/C11H22N2O/c1-11(5-2-8-14-9-11)13-6-3-10(12)4-7-13/h10H,2-9,12H2,1H3. The molecule has 0 aromatic carbocycles. The molecular weight excluding hydrogens is 176 g/mol. The van der Waals surface area contributed by atoms with Crippen LogP contribution in [0.25, 0.3) is 0 Å². The van der Waals surface area contributed by atoms with Gasteiger partial charge in [-0.3, -0.25) is 4.90 Å². The van der Waals surface area contributed by atoms with E-state index in [-0.39, 0.29) is 0 Å². The molecule has 0 aromatic heterocycles. The zero-order valence-corrected chi connectivity index (χ0v) is 9.17. The van der Waals surface area contributed by atoms with Crippen LogP contribution in [-0.2, 0) is 4.74 Å². The normalized spacial score (nSPS) is 37.3. The smallest absolute Gasteiger partial charge is 0.0647 e. The highest BCUT2D eigenvalue weighted by Gasteiger charge is 2.35. The quantitative estimate of drug-likeness (QED) is 0.682. The minimum atomic E-state index is 0.290. The van der Waals surface area contributed by atoms with Crippen LogP contribution in [-0.4, -0.2) is 42.8 Å². The van der Waals surface area contributed by atoms with Crippen LogP contribution < -0.4 is 5.73 Å². The maximum atomic E-state index is 5.91. The number of hydrogen-bond acceptors (Lipinski definition) is 3. The summed E-state index contributed by atoms with van der Waals surface area (Å²) in [4.78, 5) is 2.58. The fourth-order valence-corrected chi connectivity index (χ4v) is 2.61. The predicted molar refractivity (Wildman–Crippen MR) is 57.2 cm³/mol. The Morgan fingerprint density at radius 1 is 1.36 bits per heavy atom. The number of nitrogens with two attached hydrogens (primary N) is 1. The number of rotatable bonds is 1. The van der Waals surface area contributed by atoms with E-state index in [1.54, 1.807) is 0 Å². The van der Waals surface area contributed by atoms with Crippen LogP contribution in [0.5, 0.6) is 0 Å². The Kier molecular flexibility index (Phi) is 3.10. The SMILES string of the molecule is CC1(N2CCC(N)CC2)CCCOC1. The molecule has 0 spiro atoms.